The molecule has 0 aliphatic heterocycles. The minimum Gasteiger partial charge on any atom is -0.315 e. The molecule has 1 aromatic heterocycles. The maximum atomic E-state index is 11.9. The number of rotatable bonds is 4. The highest BCUT2D eigenvalue weighted by molar-refractivity contribution is 7.11. The van der Waals surface area contributed by atoms with Crippen LogP contribution < -0.4 is 5.32 Å². The van der Waals surface area contributed by atoms with Crippen molar-refractivity contribution in [2.75, 3.05) is 7.05 Å². The van der Waals surface area contributed by atoms with Gasteiger partial charge in [0.2, 0.25) is 0 Å². The number of halogens is 3. The number of alkyl halides is 3. The average molecular weight is 224 g/mol. The van der Waals surface area contributed by atoms with Crippen LogP contribution in [0.15, 0.2) is 6.20 Å². The number of nitrogens with zero attached hydrogens (tertiary/aromatic N) is 1. The summed E-state index contributed by atoms with van der Waals surface area (Å²) in [5, 5.41) is 3.47. The zero-order valence-corrected chi connectivity index (χ0v) is 8.50. The zero-order chi connectivity index (χ0) is 10.6. The van der Waals surface area contributed by atoms with Gasteiger partial charge in [-0.1, -0.05) is 0 Å². The second kappa shape index (κ2) is 4.75. The first kappa shape index (κ1) is 11.5. The lowest BCUT2D eigenvalue weighted by atomic mass is 10.3. The van der Waals surface area contributed by atoms with Gasteiger partial charge in [0, 0.05) is 30.5 Å². The van der Waals surface area contributed by atoms with Crippen LogP contribution in [0.25, 0.3) is 0 Å². The fraction of sp³-hybridized carbons (Fsp3) is 0.625. The molecule has 0 amide bonds. The van der Waals surface area contributed by atoms with Gasteiger partial charge >= 0.3 is 6.18 Å². The van der Waals surface area contributed by atoms with Gasteiger partial charge in [0.05, 0.1) is 5.01 Å². The van der Waals surface area contributed by atoms with Crippen LogP contribution in [0.5, 0.6) is 0 Å². The Morgan fingerprint density at radius 3 is 2.79 bits per heavy atom. The van der Waals surface area contributed by atoms with E-state index in [2.05, 4.69) is 10.3 Å². The van der Waals surface area contributed by atoms with Crippen molar-refractivity contribution in [3.63, 3.8) is 0 Å². The van der Waals surface area contributed by atoms with Crippen LogP contribution in [-0.2, 0) is 13.0 Å². The molecule has 1 N–H and O–H groups in total. The first-order valence-electron chi connectivity index (χ1n) is 4.16. The van der Waals surface area contributed by atoms with Crippen molar-refractivity contribution >= 4 is 11.3 Å². The second-order valence-electron chi connectivity index (χ2n) is 2.87. The van der Waals surface area contributed by atoms with E-state index < -0.39 is 12.6 Å². The topological polar surface area (TPSA) is 24.9 Å². The molecular weight excluding hydrogens is 213 g/mol. The third-order valence-electron chi connectivity index (χ3n) is 1.57. The van der Waals surface area contributed by atoms with Gasteiger partial charge < -0.3 is 5.32 Å². The number of nitrogens with one attached hydrogen (secondary N) is 1. The van der Waals surface area contributed by atoms with Crippen molar-refractivity contribution in [1.82, 2.24) is 10.3 Å². The summed E-state index contributed by atoms with van der Waals surface area (Å²) in [7, 11) is 1.79. The van der Waals surface area contributed by atoms with Crippen LogP contribution in [0.2, 0.25) is 0 Å². The molecule has 0 spiro atoms. The lowest BCUT2D eigenvalue weighted by Gasteiger charge is -2.02. The van der Waals surface area contributed by atoms with Gasteiger partial charge in [0.15, 0.2) is 0 Å². The summed E-state index contributed by atoms with van der Waals surface area (Å²) in [4.78, 5) is 4.88. The predicted octanol–water partition coefficient (Wildman–Crippen LogP) is 2.36. The van der Waals surface area contributed by atoms with Gasteiger partial charge in [-0.25, -0.2) is 4.98 Å². The van der Waals surface area contributed by atoms with Gasteiger partial charge in [-0.05, 0) is 7.05 Å². The Bertz CT molecular complexity index is 282. The molecule has 0 saturated heterocycles. The molecule has 1 aromatic rings. The maximum absolute atomic E-state index is 11.9. The van der Waals surface area contributed by atoms with E-state index in [0.29, 0.717) is 11.6 Å². The van der Waals surface area contributed by atoms with Crippen LogP contribution in [-0.4, -0.2) is 18.2 Å². The van der Waals surface area contributed by atoms with Gasteiger partial charge in [0.25, 0.3) is 0 Å². The molecule has 6 heteroatoms. The SMILES string of the molecule is CNCc1cnc(CCC(F)(F)F)s1. The summed E-state index contributed by atoms with van der Waals surface area (Å²) in [6, 6.07) is 0. The molecule has 0 aromatic carbocycles. The molecule has 0 aliphatic rings. The Kier molecular flexibility index (Phi) is 3.88. The molecule has 14 heavy (non-hydrogen) atoms. The minimum atomic E-state index is -4.09. The fourth-order valence-electron chi connectivity index (χ4n) is 0.968. The van der Waals surface area contributed by atoms with E-state index in [1.165, 1.54) is 11.3 Å². The molecule has 0 radical (unpaired) electrons. The van der Waals surface area contributed by atoms with E-state index in [4.69, 9.17) is 0 Å². The standard InChI is InChI=1S/C8H11F3N2S/c1-12-4-6-5-13-7(14-6)2-3-8(9,10)11/h5,12H,2-4H2,1H3. The van der Waals surface area contributed by atoms with Gasteiger partial charge in [-0.15, -0.1) is 11.3 Å². The van der Waals surface area contributed by atoms with E-state index in [1.54, 1.807) is 13.2 Å². The summed E-state index contributed by atoms with van der Waals surface area (Å²) >= 11 is 1.32. The van der Waals surface area contributed by atoms with Crippen LogP contribution in [0.1, 0.15) is 16.3 Å². The lowest BCUT2D eigenvalue weighted by molar-refractivity contribution is -0.133. The molecule has 2 nitrogen and oxygen atoms in total. The van der Waals surface area contributed by atoms with Crippen LogP contribution in [0.4, 0.5) is 13.2 Å². The Morgan fingerprint density at radius 2 is 2.21 bits per heavy atom. The van der Waals surface area contributed by atoms with Gasteiger partial charge in [0.1, 0.15) is 0 Å². The van der Waals surface area contributed by atoms with E-state index in [1.807, 2.05) is 0 Å². The number of aromatic nitrogens is 1. The Morgan fingerprint density at radius 1 is 1.50 bits per heavy atom. The molecule has 0 fully saturated rings. The quantitative estimate of drug-likeness (QED) is 0.849. The van der Waals surface area contributed by atoms with E-state index >= 15 is 0 Å². The Labute approximate surface area is 84.2 Å². The third-order valence-corrected chi connectivity index (χ3v) is 2.63. The van der Waals surface area contributed by atoms with E-state index in [9.17, 15) is 13.2 Å². The van der Waals surface area contributed by atoms with E-state index in [0.717, 1.165) is 4.88 Å². The number of thiazole rings is 1. The monoisotopic (exact) mass is 224 g/mol. The molecular formula is C8H11F3N2S. The minimum absolute atomic E-state index is 0.0160. The van der Waals surface area contributed by atoms with Crippen molar-refractivity contribution < 1.29 is 13.2 Å². The fourth-order valence-corrected chi connectivity index (χ4v) is 1.90. The Balaban J connectivity index is 2.44. The predicted molar refractivity (Wildman–Crippen MR) is 49.3 cm³/mol. The van der Waals surface area contributed by atoms with Gasteiger partial charge in [-0.2, -0.15) is 13.2 Å². The van der Waals surface area contributed by atoms with Crippen molar-refractivity contribution in [2.24, 2.45) is 0 Å². The highest BCUT2D eigenvalue weighted by Gasteiger charge is 2.27. The third kappa shape index (κ3) is 4.06. The first-order valence-corrected chi connectivity index (χ1v) is 4.98. The summed E-state index contributed by atoms with van der Waals surface area (Å²) in [5.74, 6) is 0. The van der Waals surface area contributed by atoms with Crippen LogP contribution in [0.3, 0.4) is 0 Å². The summed E-state index contributed by atoms with van der Waals surface area (Å²) in [6.45, 7) is 0.656. The second-order valence-corrected chi connectivity index (χ2v) is 4.07. The molecule has 0 unspecified atom stereocenters. The maximum Gasteiger partial charge on any atom is 0.389 e. The molecule has 0 saturated carbocycles. The molecule has 1 heterocycles. The van der Waals surface area contributed by atoms with E-state index in [-0.39, 0.29) is 6.42 Å². The van der Waals surface area contributed by atoms with Crippen LogP contribution >= 0.6 is 11.3 Å². The molecule has 80 valence electrons. The summed E-state index contributed by atoms with van der Waals surface area (Å²) in [6.07, 6.45) is -3.28. The molecule has 0 atom stereocenters. The van der Waals surface area contributed by atoms with Crippen LogP contribution in [0, 0.1) is 0 Å². The normalized spacial score (nSPS) is 12.0. The summed E-state index contributed by atoms with van der Waals surface area (Å²) in [5.41, 5.74) is 0. The molecule has 0 bridgehead atoms. The number of hydrogen-bond acceptors (Lipinski definition) is 3. The Hall–Kier alpha value is -0.620. The largest absolute Gasteiger partial charge is 0.389 e. The van der Waals surface area contributed by atoms with Crippen molar-refractivity contribution in [3.8, 4) is 0 Å². The van der Waals surface area contributed by atoms with Crippen molar-refractivity contribution in [3.05, 3.63) is 16.1 Å². The highest BCUT2D eigenvalue weighted by atomic mass is 32.1. The smallest absolute Gasteiger partial charge is 0.315 e. The zero-order valence-electron chi connectivity index (χ0n) is 7.69. The van der Waals surface area contributed by atoms with Crippen molar-refractivity contribution in [2.45, 2.75) is 25.6 Å². The summed E-state index contributed by atoms with van der Waals surface area (Å²) < 4.78 is 35.6. The number of hydrogen-bond donors (Lipinski definition) is 1. The number of aryl methyl sites for hydroxylation is 1. The molecule has 1 rings (SSSR count). The van der Waals surface area contributed by atoms with Crippen molar-refractivity contribution in [1.29, 1.82) is 0 Å². The average Bonchev–Trinajstić information content (AvgIpc) is 2.49. The highest BCUT2D eigenvalue weighted by Crippen LogP contribution is 2.23. The molecule has 0 aliphatic carbocycles. The first-order chi connectivity index (χ1) is 6.51. The van der Waals surface area contributed by atoms with Gasteiger partial charge in [-0.3, -0.25) is 0 Å². The lowest BCUT2D eigenvalue weighted by Crippen LogP contribution is -2.08.